The van der Waals surface area contributed by atoms with Crippen LogP contribution in [0.15, 0.2) is 34.8 Å². The summed E-state index contributed by atoms with van der Waals surface area (Å²) in [6.45, 7) is 4.07. The highest BCUT2D eigenvalue weighted by molar-refractivity contribution is 9.10. The highest BCUT2D eigenvalue weighted by atomic mass is 79.9. The van der Waals surface area contributed by atoms with Crippen molar-refractivity contribution in [1.82, 2.24) is 14.5 Å². The Bertz CT molecular complexity index is 811. The van der Waals surface area contributed by atoms with Crippen LogP contribution in [0, 0.1) is 13.8 Å². The van der Waals surface area contributed by atoms with Crippen LogP contribution in [0.5, 0.6) is 0 Å². The van der Waals surface area contributed by atoms with E-state index >= 15 is 0 Å². The molecule has 21 heavy (non-hydrogen) atoms. The second-order valence-corrected chi connectivity index (χ2v) is 6.28. The molecule has 0 fully saturated rings. The summed E-state index contributed by atoms with van der Waals surface area (Å²) in [7, 11) is 0. The number of pyridine rings is 1. The fourth-order valence-corrected chi connectivity index (χ4v) is 2.99. The first kappa shape index (κ1) is 14.5. The summed E-state index contributed by atoms with van der Waals surface area (Å²) >= 11 is 9.57. The minimum atomic E-state index is 0.533. The van der Waals surface area contributed by atoms with E-state index in [9.17, 15) is 0 Å². The van der Waals surface area contributed by atoms with Gasteiger partial charge in [0.25, 0.3) is 0 Å². The average molecular weight is 365 g/mol. The lowest BCUT2D eigenvalue weighted by Gasteiger charge is -2.11. The molecule has 0 unspecified atom stereocenters. The third-order valence-electron chi connectivity index (χ3n) is 3.37. The predicted molar refractivity (Wildman–Crippen MR) is 90.5 cm³/mol. The Morgan fingerprint density at radius 1 is 1.14 bits per heavy atom. The van der Waals surface area contributed by atoms with Gasteiger partial charge in [0, 0.05) is 22.5 Å². The molecule has 3 nitrogen and oxygen atoms in total. The first-order chi connectivity index (χ1) is 10.1. The summed E-state index contributed by atoms with van der Waals surface area (Å²) in [4.78, 5) is 9.35. The van der Waals surface area contributed by atoms with Crippen LogP contribution < -0.4 is 0 Å². The van der Waals surface area contributed by atoms with Crippen LogP contribution in [-0.2, 0) is 6.42 Å². The monoisotopic (exact) mass is 363 g/mol. The van der Waals surface area contributed by atoms with Gasteiger partial charge >= 0.3 is 0 Å². The van der Waals surface area contributed by atoms with Crippen molar-refractivity contribution in [1.29, 1.82) is 0 Å². The van der Waals surface area contributed by atoms with E-state index in [1.54, 1.807) is 0 Å². The van der Waals surface area contributed by atoms with E-state index in [4.69, 9.17) is 11.6 Å². The second-order valence-electron chi connectivity index (χ2n) is 5.05. The third-order valence-corrected chi connectivity index (χ3v) is 4.23. The minimum Gasteiger partial charge on any atom is -0.280 e. The zero-order valence-electron chi connectivity index (χ0n) is 11.9. The summed E-state index contributed by atoms with van der Waals surface area (Å²) in [5.41, 5.74) is 5.00. The first-order valence-electron chi connectivity index (χ1n) is 6.77. The molecule has 1 aromatic carbocycles. The SMILES string of the molecule is Cc1ccc(Br)c(-n2c(CCCl)nc3ccc(C)nc32)c1. The largest absolute Gasteiger partial charge is 0.280 e. The summed E-state index contributed by atoms with van der Waals surface area (Å²) in [5, 5.41) is 0. The molecule has 0 aliphatic rings. The lowest BCUT2D eigenvalue weighted by Crippen LogP contribution is -2.04. The molecular weight excluding hydrogens is 350 g/mol. The fraction of sp³-hybridized carbons (Fsp3) is 0.250. The van der Waals surface area contributed by atoms with Gasteiger partial charge in [-0.25, -0.2) is 9.97 Å². The Morgan fingerprint density at radius 3 is 2.71 bits per heavy atom. The predicted octanol–water partition coefficient (Wildman–Crippen LogP) is 4.58. The molecule has 108 valence electrons. The van der Waals surface area contributed by atoms with E-state index in [1.807, 2.05) is 19.1 Å². The maximum absolute atomic E-state index is 5.94. The Labute approximate surface area is 137 Å². The minimum absolute atomic E-state index is 0.533. The van der Waals surface area contributed by atoms with Gasteiger partial charge in [-0.1, -0.05) is 6.07 Å². The number of aryl methyl sites for hydroxylation is 3. The van der Waals surface area contributed by atoms with Gasteiger partial charge in [0.15, 0.2) is 5.65 Å². The van der Waals surface area contributed by atoms with Crippen LogP contribution in [0.4, 0.5) is 0 Å². The zero-order chi connectivity index (χ0) is 15.0. The Balaban J connectivity index is 2.35. The van der Waals surface area contributed by atoms with Crippen LogP contribution in [0.25, 0.3) is 16.9 Å². The molecule has 3 rings (SSSR count). The van der Waals surface area contributed by atoms with Gasteiger partial charge < -0.3 is 0 Å². The van der Waals surface area contributed by atoms with Crippen LogP contribution >= 0.6 is 27.5 Å². The highest BCUT2D eigenvalue weighted by Gasteiger charge is 2.15. The van der Waals surface area contributed by atoms with Gasteiger partial charge in [-0.15, -0.1) is 11.6 Å². The molecule has 2 heterocycles. The molecule has 2 aromatic heterocycles. The number of halogens is 2. The standard InChI is InChI=1S/C16H15BrClN3/c1-10-3-5-12(17)14(9-10)21-15(7-8-18)20-13-6-4-11(2)19-16(13)21/h3-6,9H,7-8H2,1-2H3. The van der Waals surface area contributed by atoms with Crippen LogP contribution in [-0.4, -0.2) is 20.4 Å². The fourth-order valence-electron chi connectivity index (χ4n) is 2.40. The number of benzene rings is 1. The normalized spacial score (nSPS) is 11.2. The summed E-state index contributed by atoms with van der Waals surface area (Å²) in [5.74, 6) is 1.47. The van der Waals surface area contributed by atoms with Gasteiger partial charge in [0.1, 0.15) is 11.3 Å². The van der Waals surface area contributed by atoms with Gasteiger partial charge in [-0.2, -0.15) is 0 Å². The smallest absolute Gasteiger partial charge is 0.164 e. The molecular formula is C16H15BrClN3. The van der Waals surface area contributed by atoms with Crippen LogP contribution in [0.3, 0.4) is 0 Å². The van der Waals surface area contributed by atoms with E-state index in [0.29, 0.717) is 12.3 Å². The van der Waals surface area contributed by atoms with Crippen LogP contribution in [0.2, 0.25) is 0 Å². The number of hydrogen-bond donors (Lipinski definition) is 0. The summed E-state index contributed by atoms with van der Waals surface area (Å²) in [6, 6.07) is 10.3. The molecule has 0 N–H and O–H groups in total. The van der Waals surface area contributed by atoms with Gasteiger partial charge in [0.05, 0.1) is 5.69 Å². The Kier molecular flexibility index (Phi) is 4.00. The van der Waals surface area contributed by atoms with Crippen molar-refractivity contribution in [3.63, 3.8) is 0 Å². The number of aromatic nitrogens is 3. The van der Waals surface area contributed by atoms with Crippen molar-refractivity contribution in [2.75, 3.05) is 5.88 Å². The zero-order valence-corrected chi connectivity index (χ0v) is 14.2. The molecule has 0 atom stereocenters. The van der Waals surface area contributed by atoms with Crippen molar-refractivity contribution < 1.29 is 0 Å². The number of rotatable bonds is 3. The Morgan fingerprint density at radius 2 is 1.95 bits per heavy atom. The quantitative estimate of drug-likeness (QED) is 0.637. The summed E-state index contributed by atoms with van der Waals surface area (Å²) in [6.07, 6.45) is 0.706. The Hall–Kier alpha value is -1.39. The van der Waals surface area contributed by atoms with Crippen molar-refractivity contribution in [2.45, 2.75) is 20.3 Å². The maximum atomic E-state index is 5.94. The molecule has 0 radical (unpaired) electrons. The van der Waals surface area contributed by atoms with Crippen LogP contribution in [0.1, 0.15) is 17.1 Å². The highest BCUT2D eigenvalue weighted by Crippen LogP contribution is 2.28. The molecule has 0 aliphatic carbocycles. The first-order valence-corrected chi connectivity index (χ1v) is 8.10. The maximum Gasteiger partial charge on any atom is 0.164 e. The molecule has 0 saturated heterocycles. The van der Waals surface area contributed by atoms with Crippen molar-refractivity contribution in [3.05, 3.63) is 51.9 Å². The second kappa shape index (κ2) is 5.78. The van der Waals surface area contributed by atoms with Crippen molar-refractivity contribution >= 4 is 38.7 Å². The van der Waals surface area contributed by atoms with Crippen molar-refractivity contribution in [2.24, 2.45) is 0 Å². The molecule has 0 saturated carbocycles. The number of fused-ring (bicyclic) bond motifs is 1. The number of imidazole rings is 1. The van der Waals surface area contributed by atoms with E-state index in [0.717, 1.165) is 32.8 Å². The van der Waals surface area contributed by atoms with Gasteiger partial charge in [-0.05, 0) is 59.6 Å². The molecule has 0 spiro atoms. The molecule has 5 heteroatoms. The molecule has 0 amide bonds. The topological polar surface area (TPSA) is 30.7 Å². The number of nitrogens with zero attached hydrogens (tertiary/aromatic N) is 3. The number of hydrogen-bond acceptors (Lipinski definition) is 2. The lowest BCUT2D eigenvalue weighted by atomic mass is 10.2. The van der Waals surface area contributed by atoms with Gasteiger partial charge in [0.2, 0.25) is 0 Å². The van der Waals surface area contributed by atoms with E-state index in [2.05, 4.69) is 55.6 Å². The average Bonchev–Trinajstić information content (AvgIpc) is 2.79. The molecule has 3 aromatic rings. The number of alkyl halides is 1. The third kappa shape index (κ3) is 2.70. The van der Waals surface area contributed by atoms with E-state index < -0.39 is 0 Å². The van der Waals surface area contributed by atoms with Gasteiger partial charge in [-0.3, -0.25) is 4.57 Å². The van der Waals surface area contributed by atoms with E-state index in [-0.39, 0.29) is 0 Å². The van der Waals surface area contributed by atoms with Crippen molar-refractivity contribution in [3.8, 4) is 5.69 Å². The summed E-state index contributed by atoms with van der Waals surface area (Å²) < 4.78 is 3.12. The van der Waals surface area contributed by atoms with E-state index in [1.165, 1.54) is 5.56 Å². The molecule has 0 bridgehead atoms. The molecule has 0 aliphatic heterocycles. The lowest BCUT2D eigenvalue weighted by molar-refractivity contribution is 0.900.